The molecular weight excluding hydrogens is 264 g/mol. The summed E-state index contributed by atoms with van der Waals surface area (Å²) in [5.41, 5.74) is 0.287. The quantitative estimate of drug-likeness (QED) is 0.759. The molecular formula is C17H34N2O2. The number of aliphatic carboxylic acids is 1. The Labute approximate surface area is 130 Å². The van der Waals surface area contributed by atoms with E-state index in [1.165, 1.54) is 0 Å². The van der Waals surface area contributed by atoms with E-state index < -0.39 is 5.97 Å². The summed E-state index contributed by atoms with van der Waals surface area (Å²) in [6.07, 6.45) is 3.36. The third-order valence-corrected chi connectivity index (χ3v) is 4.47. The fraction of sp³-hybridized carbons (Fsp3) is 0.941. The van der Waals surface area contributed by atoms with Crippen LogP contribution in [0.5, 0.6) is 0 Å². The summed E-state index contributed by atoms with van der Waals surface area (Å²) in [6, 6.07) is 1.07. The fourth-order valence-electron chi connectivity index (χ4n) is 2.99. The molecule has 124 valence electrons. The van der Waals surface area contributed by atoms with Crippen LogP contribution in [0.2, 0.25) is 0 Å². The highest BCUT2D eigenvalue weighted by Gasteiger charge is 2.29. The Hall–Kier alpha value is -0.610. The zero-order chi connectivity index (χ0) is 16.0. The molecule has 3 atom stereocenters. The highest BCUT2D eigenvalue weighted by molar-refractivity contribution is 5.66. The molecule has 2 N–H and O–H groups in total. The van der Waals surface area contributed by atoms with Gasteiger partial charge in [-0.15, -0.1) is 0 Å². The normalized spacial score (nSPS) is 25.8. The van der Waals surface area contributed by atoms with Gasteiger partial charge in [0.15, 0.2) is 0 Å². The number of nitrogens with one attached hydrogen (secondary N) is 1. The van der Waals surface area contributed by atoms with Gasteiger partial charge >= 0.3 is 5.97 Å². The predicted octanol–water partition coefficient (Wildman–Crippen LogP) is 2.98. The summed E-state index contributed by atoms with van der Waals surface area (Å²) in [7, 11) is 0. The molecule has 1 rings (SSSR count). The fourth-order valence-corrected chi connectivity index (χ4v) is 2.99. The van der Waals surface area contributed by atoms with E-state index in [1.807, 2.05) is 0 Å². The van der Waals surface area contributed by atoms with E-state index in [2.05, 4.69) is 44.8 Å². The Kier molecular flexibility index (Phi) is 7.14. The molecule has 4 nitrogen and oxygen atoms in total. The minimum atomic E-state index is -0.671. The summed E-state index contributed by atoms with van der Waals surface area (Å²) in [5.74, 6) is -0.170. The van der Waals surface area contributed by atoms with Gasteiger partial charge in [0.25, 0.3) is 0 Å². The molecule has 0 spiro atoms. The Morgan fingerprint density at radius 2 is 2.05 bits per heavy atom. The topological polar surface area (TPSA) is 52.6 Å². The number of nitrogens with zero attached hydrogens (tertiary/aromatic N) is 1. The first-order valence-electron chi connectivity index (χ1n) is 8.40. The van der Waals surface area contributed by atoms with Gasteiger partial charge in [0.05, 0.1) is 0 Å². The highest BCUT2D eigenvalue weighted by Crippen LogP contribution is 2.24. The van der Waals surface area contributed by atoms with Crippen molar-refractivity contribution in [3.63, 3.8) is 0 Å². The molecule has 0 amide bonds. The third-order valence-electron chi connectivity index (χ3n) is 4.47. The van der Waals surface area contributed by atoms with Crippen LogP contribution in [0, 0.1) is 11.3 Å². The summed E-state index contributed by atoms with van der Waals surface area (Å²) >= 11 is 0. The molecule has 0 aromatic heterocycles. The molecule has 3 unspecified atom stereocenters. The monoisotopic (exact) mass is 298 g/mol. The Morgan fingerprint density at radius 3 is 2.57 bits per heavy atom. The van der Waals surface area contributed by atoms with Crippen molar-refractivity contribution < 1.29 is 9.90 Å². The molecule has 1 fully saturated rings. The lowest BCUT2D eigenvalue weighted by Gasteiger charge is -2.42. The van der Waals surface area contributed by atoms with Crippen molar-refractivity contribution in [2.75, 3.05) is 19.6 Å². The van der Waals surface area contributed by atoms with E-state index in [-0.39, 0.29) is 5.41 Å². The van der Waals surface area contributed by atoms with Crippen molar-refractivity contribution in [2.45, 2.75) is 72.4 Å². The first kappa shape index (κ1) is 18.4. The number of piperidine rings is 1. The van der Waals surface area contributed by atoms with E-state index in [0.29, 0.717) is 24.4 Å². The van der Waals surface area contributed by atoms with Crippen LogP contribution in [-0.4, -0.2) is 47.7 Å². The smallest absolute Gasteiger partial charge is 0.303 e. The van der Waals surface area contributed by atoms with Crippen molar-refractivity contribution in [1.29, 1.82) is 0 Å². The molecule has 0 aromatic carbocycles. The average molecular weight is 298 g/mol. The SMILES string of the molecule is CCC(C)N1CC(CCC(=O)O)CC(NCC(C)(C)C)C1. The zero-order valence-corrected chi connectivity index (χ0v) is 14.5. The maximum absolute atomic E-state index is 10.8. The van der Waals surface area contributed by atoms with Crippen molar-refractivity contribution in [3.05, 3.63) is 0 Å². The number of rotatable bonds is 7. The van der Waals surface area contributed by atoms with Crippen molar-refractivity contribution in [1.82, 2.24) is 10.2 Å². The number of carboxylic acids is 1. The summed E-state index contributed by atoms with van der Waals surface area (Å²) in [4.78, 5) is 13.4. The third kappa shape index (κ3) is 7.28. The number of hydrogen-bond acceptors (Lipinski definition) is 3. The Morgan fingerprint density at radius 1 is 1.38 bits per heavy atom. The lowest BCUT2D eigenvalue weighted by molar-refractivity contribution is -0.137. The van der Waals surface area contributed by atoms with Crippen LogP contribution >= 0.6 is 0 Å². The standard InChI is InChI=1S/C17H34N2O2/c1-6-13(2)19-10-14(7-8-16(20)21)9-15(11-19)18-12-17(3,4)5/h13-15,18H,6-12H2,1-5H3,(H,20,21). The number of hydrogen-bond donors (Lipinski definition) is 2. The lowest BCUT2D eigenvalue weighted by atomic mass is 9.88. The second kappa shape index (κ2) is 8.14. The number of carbonyl (C=O) groups is 1. The maximum atomic E-state index is 10.8. The molecule has 1 heterocycles. The molecule has 21 heavy (non-hydrogen) atoms. The van der Waals surface area contributed by atoms with Crippen LogP contribution in [0.1, 0.15) is 60.3 Å². The van der Waals surface area contributed by atoms with E-state index in [0.717, 1.165) is 38.9 Å². The molecule has 0 bridgehead atoms. The van der Waals surface area contributed by atoms with Gasteiger partial charge in [0, 0.05) is 38.1 Å². The van der Waals surface area contributed by atoms with Gasteiger partial charge in [-0.05, 0) is 37.5 Å². The van der Waals surface area contributed by atoms with Crippen LogP contribution in [0.25, 0.3) is 0 Å². The molecule has 0 saturated carbocycles. The number of likely N-dealkylation sites (tertiary alicyclic amines) is 1. The first-order valence-corrected chi connectivity index (χ1v) is 8.40. The van der Waals surface area contributed by atoms with Crippen molar-refractivity contribution >= 4 is 5.97 Å². The van der Waals surface area contributed by atoms with Gasteiger partial charge in [-0.2, -0.15) is 0 Å². The molecule has 1 aliphatic rings. The van der Waals surface area contributed by atoms with Crippen molar-refractivity contribution in [2.24, 2.45) is 11.3 Å². The van der Waals surface area contributed by atoms with Crippen LogP contribution in [0.15, 0.2) is 0 Å². The summed E-state index contributed by atoms with van der Waals surface area (Å²) in [6.45, 7) is 14.4. The van der Waals surface area contributed by atoms with Gasteiger partial charge < -0.3 is 10.4 Å². The van der Waals surface area contributed by atoms with Gasteiger partial charge in [0.1, 0.15) is 0 Å². The Balaban J connectivity index is 2.58. The van der Waals surface area contributed by atoms with E-state index in [1.54, 1.807) is 0 Å². The summed E-state index contributed by atoms with van der Waals surface area (Å²) < 4.78 is 0. The molecule has 1 aliphatic heterocycles. The van der Waals surface area contributed by atoms with Crippen LogP contribution in [-0.2, 0) is 4.79 Å². The maximum Gasteiger partial charge on any atom is 0.303 e. The van der Waals surface area contributed by atoms with Gasteiger partial charge in [-0.3, -0.25) is 9.69 Å². The van der Waals surface area contributed by atoms with E-state index in [9.17, 15) is 4.79 Å². The van der Waals surface area contributed by atoms with Gasteiger partial charge in [-0.1, -0.05) is 27.7 Å². The van der Waals surface area contributed by atoms with Crippen molar-refractivity contribution in [3.8, 4) is 0 Å². The summed E-state index contributed by atoms with van der Waals surface area (Å²) in [5, 5.41) is 12.6. The van der Waals surface area contributed by atoms with E-state index >= 15 is 0 Å². The molecule has 1 saturated heterocycles. The predicted molar refractivity (Wildman–Crippen MR) is 87.5 cm³/mol. The second-order valence-corrected chi connectivity index (χ2v) is 7.88. The molecule has 0 radical (unpaired) electrons. The first-order chi connectivity index (χ1) is 9.71. The van der Waals surface area contributed by atoms with Gasteiger partial charge in [-0.25, -0.2) is 0 Å². The minimum Gasteiger partial charge on any atom is -0.481 e. The van der Waals surface area contributed by atoms with Gasteiger partial charge in [0.2, 0.25) is 0 Å². The van der Waals surface area contributed by atoms with Crippen LogP contribution in [0.3, 0.4) is 0 Å². The highest BCUT2D eigenvalue weighted by atomic mass is 16.4. The minimum absolute atomic E-state index is 0.287. The average Bonchev–Trinajstić information content (AvgIpc) is 2.41. The second-order valence-electron chi connectivity index (χ2n) is 7.88. The molecule has 4 heteroatoms. The van der Waals surface area contributed by atoms with E-state index in [4.69, 9.17) is 5.11 Å². The molecule has 0 aliphatic carbocycles. The Bertz CT molecular complexity index is 325. The van der Waals surface area contributed by atoms with Crippen LogP contribution in [0.4, 0.5) is 0 Å². The molecule has 0 aromatic rings. The number of carboxylic acid groups (broad SMARTS) is 1. The zero-order valence-electron chi connectivity index (χ0n) is 14.5. The van der Waals surface area contributed by atoms with Crippen LogP contribution < -0.4 is 5.32 Å². The largest absolute Gasteiger partial charge is 0.481 e. The lowest BCUT2D eigenvalue weighted by Crippen LogP contribution is -2.53.